The maximum Gasteiger partial charge on any atom is 0.352 e. The predicted molar refractivity (Wildman–Crippen MR) is 124 cm³/mol. The van der Waals surface area contributed by atoms with Crippen molar-refractivity contribution in [2.75, 3.05) is 0 Å². The summed E-state index contributed by atoms with van der Waals surface area (Å²) in [6, 6.07) is 24.2. The summed E-state index contributed by atoms with van der Waals surface area (Å²) >= 11 is 2.20. The van der Waals surface area contributed by atoms with Crippen molar-refractivity contribution in [3.63, 3.8) is 0 Å². The molecule has 0 spiro atoms. The number of hydrogen-bond acceptors (Lipinski definition) is 3. The fourth-order valence-electron chi connectivity index (χ4n) is 2.72. The average Bonchev–Trinajstić information content (AvgIpc) is 2.75. The molecule has 0 bridgehead atoms. The van der Waals surface area contributed by atoms with E-state index in [-0.39, 0.29) is 18.0 Å². The second-order valence-corrected chi connectivity index (χ2v) is 7.66. The van der Waals surface area contributed by atoms with E-state index in [1.807, 2.05) is 54.6 Å². The molecule has 1 amide bonds. The number of amides is 1. The molecule has 0 aromatic heterocycles. The zero-order chi connectivity index (χ0) is 21.3. The van der Waals surface area contributed by atoms with Crippen LogP contribution in [0.1, 0.15) is 17.5 Å². The average molecular weight is 513 g/mol. The number of para-hydroxylation sites is 1. The van der Waals surface area contributed by atoms with Gasteiger partial charge in [0.25, 0.3) is 0 Å². The van der Waals surface area contributed by atoms with Crippen LogP contribution in [-0.4, -0.2) is 17.0 Å². The number of benzene rings is 3. The first-order valence-electron chi connectivity index (χ1n) is 9.32. The van der Waals surface area contributed by atoms with Gasteiger partial charge in [-0.2, -0.15) is 0 Å². The van der Waals surface area contributed by atoms with Crippen LogP contribution in [0.5, 0.6) is 11.5 Å². The van der Waals surface area contributed by atoms with Crippen LogP contribution in [0.15, 0.2) is 84.6 Å². The Morgan fingerprint density at radius 1 is 0.933 bits per heavy atom. The van der Waals surface area contributed by atoms with Gasteiger partial charge in [-0.3, -0.25) is 4.79 Å². The molecule has 0 heterocycles. The Hall–Kier alpha value is -3.13. The molecule has 0 aliphatic carbocycles. The highest BCUT2D eigenvalue weighted by Gasteiger charge is 2.12. The maximum absolute atomic E-state index is 12.2. The Morgan fingerprint density at radius 2 is 1.60 bits per heavy atom. The highest BCUT2D eigenvalue weighted by molar-refractivity contribution is 14.1. The van der Waals surface area contributed by atoms with Crippen molar-refractivity contribution in [1.82, 2.24) is 5.32 Å². The Labute approximate surface area is 188 Å². The van der Waals surface area contributed by atoms with Gasteiger partial charge < -0.3 is 15.2 Å². The molecular formula is C24H20INO4. The van der Waals surface area contributed by atoms with Gasteiger partial charge in [-0.25, -0.2) is 4.79 Å². The van der Waals surface area contributed by atoms with Crippen LogP contribution in [-0.2, 0) is 16.0 Å². The summed E-state index contributed by atoms with van der Waals surface area (Å²) in [5, 5.41) is 11.9. The number of aryl methyl sites for hydroxylation is 1. The predicted octanol–water partition coefficient (Wildman–Crippen LogP) is 5.26. The third-order valence-corrected chi connectivity index (χ3v) is 5.13. The standard InChI is InChI=1S/C24H20INO4/c25-20-8-4-5-9-22(20)30-19-13-10-18(11-14-19)16-21(24(28)29)26-23(27)15-12-17-6-2-1-3-7-17/h1-11,13-14,16H,12,15H2,(H,26,27)(H,28,29)/b21-16+. The Bertz CT molecular complexity index is 1050. The van der Waals surface area contributed by atoms with E-state index >= 15 is 0 Å². The minimum absolute atomic E-state index is 0.167. The summed E-state index contributed by atoms with van der Waals surface area (Å²) < 4.78 is 6.83. The molecule has 0 fully saturated rings. The van der Waals surface area contributed by atoms with E-state index in [0.29, 0.717) is 17.7 Å². The molecular weight excluding hydrogens is 493 g/mol. The molecule has 6 heteroatoms. The van der Waals surface area contributed by atoms with Gasteiger partial charge in [0.15, 0.2) is 0 Å². The zero-order valence-electron chi connectivity index (χ0n) is 16.0. The Kier molecular flexibility index (Phi) is 7.62. The lowest BCUT2D eigenvalue weighted by Crippen LogP contribution is -2.27. The van der Waals surface area contributed by atoms with Gasteiger partial charge in [0.1, 0.15) is 17.2 Å². The van der Waals surface area contributed by atoms with Crippen LogP contribution in [0.3, 0.4) is 0 Å². The molecule has 3 rings (SSSR count). The summed E-state index contributed by atoms with van der Waals surface area (Å²) in [6.45, 7) is 0. The van der Waals surface area contributed by atoms with Gasteiger partial charge in [-0.1, -0.05) is 54.6 Å². The number of nitrogens with one attached hydrogen (secondary N) is 1. The summed E-state index contributed by atoms with van der Waals surface area (Å²) in [5.41, 5.74) is 1.50. The van der Waals surface area contributed by atoms with Crippen molar-refractivity contribution in [3.8, 4) is 11.5 Å². The lowest BCUT2D eigenvalue weighted by molar-refractivity contribution is -0.134. The highest BCUT2D eigenvalue weighted by atomic mass is 127. The number of carbonyl (C=O) groups excluding carboxylic acids is 1. The number of carbonyl (C=O) groups is 2. The molecule has 152 valence electrons. The van der Waals surface area contributed by atoms with Crippen molar-refractivity contribution in [1.29, 1.82) is 0 Å². The second kappa shape index (κ2) is 10.6. The first-order chi connectivity index (χ1) is 14.5. The zero-order valence-corrected chi connectivity index (χ0v) is 18.2. The van der Waals surface area contributed by atoms with E-state index in [1.54, 1.807) is 24.3 Å². The smallest absolute Gasteiger partial charge is 0.352 e. The fraction of sp³-hybridized carbons (Fsp3) is 0.0833. The number of halogens is 1. The number of ether oxygens (including phenoxy) is 1. The van der Waals surface area contributed by atoms with Crippen LogP contribution in [0.25, 0.3) is 6.08 Å². The van der Waals surface area contributed by atoms with Gasteiger partial charge in [0, 0.05) is 6.42 Å². The van der Waals surface area contributed by atoms with Gasteiger partial charge in [-0.05, 0) is 70.5 Å². The third-order valence-electron chi connectivity index (χ3n) is 4.24. The molecule has 30 heavy (non-hydrogen) atoms. The van der Waals surface area contributed by atoms with E-state index < -0.39 is 5.97 Å². The molecule has 0 saturated heterocycles. The van der Waals surface area contributed by atoms with E-state index in [9.17, 15) is 14.7 Å². The molecule has 3 aromatic carbocycles. The molecule has 5 nitrogen and oxygen atoms in total. The van der Waals surface area contributed by atoms with Gasteiger partial charge in [-0.15, -0.1) is 0 Å². The van der Waals surface area contributed by atoms with Crippen LogP contribution in [0, 0.1) is 3.57 Å². The molecule has 3 aromatic rings. The minimum atomic E-state index is -1.19. The first kappa shape index (κ1) is 21.6. The molecule has 0 aliphatic rings. The van der Waals surface area contributed by atoms with Crippen molar-refractivity contribution in [3.05, 3.63) is 99.3 Å². The number of hydrogen-bond donors (Lipinski definition) is 2. The van der Waals surface area contributed by atoms with Crippen molar-refractivity contribution < 1.29 is 19.4 Å². The van der Waals surface area contributed by atoms with E-state index in [2.05, 4.69) is 27.9 Å². The molecule has 2 N–H and O–H groups in total. The number of rotatable bonds is 8. The first-order valence-corrected chi connectivity index (χ1v) is 10.4. The van der Waals surface area contributed by atoms with E-state index in [1.165, 1.54) is 6.08 Å². The van der Waals surface area contributed by atoms with Crippen LogP contribution < -0.4 is 10.1 Å². The topological polar surface area (TPSA) is 75.6 Å². The fourth-order valence-corrected chi connectivity index (χ4v) is 3.22. The monoisotopic (exact) mass is 513 g/mol. The van der Waals surface area contributed by atoms with E-state index in [4.69, 9.17) is 4.74 Å². The minimum Gasteiger partial charge on any atom is -0.477 e. The molecule has 0 saturated carbocycles. The summed E-state index contributed by atoms with van der Waals surface area (Å²) in [4.78, 5) is 23.7. The summed E-state index contributed by atoms with van der Waals surface area (Å²) in [7, 11) is 0. The number of carboxylic acid groups (broad SMARTS) is 1. The second-order valence-electron chi connectivity index (χ2n) is 6.50. The quantitative estimate of drug-likeness (QED) is 0.319. The largest absolute Gasteiger partial charge is 0.477 e. The van der Waals surface area contributed by atoms with Crippen LogP contribution in [0.2, 0.25) is 0 Å². The number of aliphatic carboxylic acids is 1. The van der Waals surface area contributed by atoms with Gasteiger partial charge in [0.05, 0.1) is 3.57 Å². The summed E-state index contributed by atoms with van der Waals surface area (Å²) in [6.07, 6.45) is 2.18. The molecule has 0 unspecified atom stereocenters. The van der Waals surface area contributed by atoms with Crippen molar-refractivity contribution >= 4 is 40.5 Å². The van der Waals surface area contributed by atoms with Crippen molar-refractivity contribution in [2.45, 2.75) is 12.8 Å². The van der Waals surface area contributed by atoms with Gasteiger partial charge >= 0.3 is 5.97 Å². The van der Waals surface area contributed by atoms with Crippen LogP contribution in [0.4, 0.5) is 0 Å². The Balaban J connectivity index is 1.63. The SMILES string of the molecule is O=C(CCc1ccccc1)N/C(=C/c1ccc(Oc2ccccc2I)cc1)C(=O)O. The molecule has 0 atom stereocenters. The Morgan fingerprint density at radius 3 is 2.27 bits per heavy atom. The van der Waals surface area contributed by atoms with Gasteiger partial charge in [0.2, 0.25) is 5.91 Å². The number of carboxylic acids is 1. The lowest BCUT2D eigenvalue weighted by Gasteiger charge is -2.09. The van der Waals surface area contributed by atoms with Crippen LogP contribution >= 0.6 is 22.6 Å². The normalized spacial score (nSPS) is 11.0. The maximum atomic E-state index is 12.2. The lowest BCUT2D eigenvalue weighted by atomic mass is 10.1. The van der Waals surface area contributed by atoms with E-state index in [0.717, 1.165) is 14.9 Å². The summed E-state index contributed by atoms with van der Waals surface area (Å²) in [5.74, 6) is -0.147. The highest BCUT2D eigenvalue weighted by Crippen LogP contribution is 2.26. The van der Waals surface area contributed by atoms with Crippen molar-refractivity contribution in [2.24, 2.45) is 0 Å². The molecule has 0 radical (unpaired) electrons. The third kappa shape index (κ3) is 6.45. The molecule has 0 aliphatic heterocycles.